The first-order valence-corrected chi connectivity index (χ1v) is 6.82. The van der Waals surface area contributed by atoms with Gasteiger partial charge < -0.3 is 15.2 Å². The minimum Gasteiger partial charge on any atom is -0.508 e. The minimum atomic E-state index is -0.794. The Morgan fingerprint density at radius 3 is 2.55 bits per heavy atom. The maximum absolute atomic E-state index is 13.8. The number of phenols is 1. The van der Waals surface area contributed by atoms with E-state index in [2.05, 4.69) is 5.32 Å². The molecule has 2 rings (SSSR count). The van der Waals surface area contributed by atoms with Gasteiger partial charge in [-0.1, -0.05) is 30.3 Å². The lowest BCUT2D eigenvalue weighted by Crippen LogP contribution is -2.47. The van der Waals surface area contributed by atoms with E-state index in [1.165, 1.54) is 19.2 Å². The van der Waals surface area contributed by atoms with Gasteiger partial charge in [-0.25, -0.2) is 4.39 Å². The van der Waals surface area contributed by atoms with E-state index in [0.717, 1.165) is 11.6 Å². The van der Waals surface area contributed by atoms with Crippen molar-refractivity contribution in [2.24, 2.45) is 0 Å². The number of nitrogens with one attached hydrogen (secondary N) is 1. The minimum absolute atomic E-state index is 0.129. The van der Waals surface area contributed by atoms with Crippen molar-refractivity contribution in [3.63, 3.8) is 0 Å². The predicted molar refractivity (Wildman–Crippen MR) is 81.2 cm³/mol. The molecule has 0 aromatic heterocycles. The molecule has 22 heavy (non-hydrogen) atoms. The van der Waals surface area contributed by atoms with Crippen LogP contribution in [0, 0.1) is 5.82 Å². The van der Waals surface area contributed by atoms with Gasteiger partial charge in [0.1, 0.15) is 11.6 Å². The second-order valence-electron chi connectivity index (χ2n) is 5.25. The Labute approximate surface area is 128 Å². The zero-order valence-electron chi connectivity index (χ0n) is 12.5. The van der Waals surface area contributed by atoms with Gasteiger partial charge in [0.25, 0.3) is 5.91 Å². The smallest absolute Gasteiger partial charge is 0.255 e. The van der Waals surface area contributed by atoms with Crippen LogP contribution < -0.4 is 5.32 Å². The van der Waals surface area contributed by atoms with Gasteiger partial charge in [-0.2, -0.15) is 0 Å². The fraction of sp³-hybridized carbons (Fsp3) is 0.235. The zero-order chi connectivity index (χ0) is 16.2. The van der Waals surface area contributed by atoms with Crippen molar-refractivity contribution in [1.82, 2.24) is 5.32 Å². The number of hydrogen-bond donors (Lipinski definition) is 2. The zero-order valence-corrected chi connectivity index (χ0v) is 12.5. The van der Waals surface area contributed by atoms with E-state index < -0.39 is 17.3 Å². The van der Waals surface area contributed by atoms with Crippen molar-refractivity contribution in [3.8, 4) is 5.75 Å². The maximum atomic E-state index is 13.8. The molecule has 0 aliphatic rings. The first kappa shape index (κ1) is 16.0. The van der Waals surface area contributed by atoms with E-state index in [1.54, 1.807) is 0 Å². The van der Waals surface area contributed by atoms with Gasteiger partial charge in [0.15, 0.2) is 0 Å². The lowest BCUT2D eigenvalue weighted by molar-refractivity contribution is 0.0782. The first-order chi connectivity index (χ1) is 10.5. The van der Waals surface area contributed by atoms with Gasteiger partial charge in [0, 0.05) is 13.2 Å². The summed E-state index contributed by atoms with van der Waals surface area (Å²) in [6, 6.07) is 12.8. The number of ether oxygens (including phenoxy) is 1. The van der Waals surface area contributed by atoms with Crippen molar-refractivity contribution in [1.29, 1.82) is 0 Å². The number of aromatic hydroxyl groups is 1. The van der Waals surface area contributed by atoms with Gasteiger partial charge in [-0.05, 0) is 24.6 Å². The number of carbonyl (C=O) groups is 1. The lowest BCUT2D eigenvalue weighted by atomic mass is 9.92. The third-order valence-corrected chi connectivity index (χ3v) is 3.43. The van der Waals surface area contributed by atoms with Gasteiger partial charge in [-0.3, -0.25) is 4.79 Å². The summed E-state index contributed by atoms with van der Waals surface area (Å²) in [7, 11) is 1.54. The highest BCUT2D eigenvalue weighted by atomic mass is 19.1. The Morgan fingerprint density at radius 1 is 1.27 bits per heavy atom. The number of phenolic OH excluding ortho intramolecular Hbond substituents is 1. The lowest BCUT2D eigenvalue weighted by Gasteiger charge is -2.30. The van der Waals surface area contributed by atoms with Crippen molar-refractivity contribution in [3.05, 3.63) is 65.5 Å². The van der Waals surface area contributed by atoms with E-state index in [1.807, 2.05) is 37.3 Å². The summed E-state index contributed by atoms with van der Waals surface area (Å²) in [4.78, 5) is 12.4. The molecule has 0 spiro atoms. The molecule has 2 aromatic rings. The molecule has 0 aliphatic carbocycles. The van der Waals surface area contributed by atoms with Crippen LogP contribution in [0.15, 0.2) is 48.5 Å². The molecule has 1 amide bonds. The third-order valence-electron chi connectivity index (χ3n) is 3.43. The summed E-state index contributed by atoms with van der Waals surface area (Å²) in [6.07, 6.45) is 0. The van der Waals surface area contributed by atoms with Crippen LogP contribution in [-0.2, 0) is 10.3 Å². The van der Waals surface area contributed by atoms with Crippen LogP contribution in [0.3, 0.4) is 0 Å². The van der Waals surface area contributed by atoms with Crippen LogP contribution in [-0.4, -0.2) is 24.7 Å². The molecule has 0 heterocycles. The third kappa shape index (κ3) is 3.43. The molecule has 1 atom stereocenters. The standard InChI is InChI=1S/C17H18FNO3/c1-17(11-22-2,12-6-4-3-5-7-12)19-16(21)14-9-8-13(20)10-15(14)18/h3-10,20H,11H2,1-2H3,(H,19,21)/t17-/m1/s1. The molecule has 2 N–H and O–H groups in total. The Hall–Kier alpha value is -2.40. The molecule has 0 bridgehead atoms. The molecule has 116 valence electrons. The summed E-state index contributed by atoms with van der Waals surface area (Å²) < 4.78 is 19.0. The van der Waals surface area contributed by atoms with Crippen LogP contribution in [0.1, 0.15) is 22.8 Å². The van der Waals surface area contributed by atoms with Crippen molar-refractivity contribution in [2.45, 2.75) is 12.5 Å². The predicted octanol–water partition coefficient (Wildman–Crippen LogP) is 2.82. The highest BCUT2D eigenvalue weighted by Crippen LogP contribution is 2.23. The molecule has 4 nitrogen and oxygen atoms in total. The molecule has 0 fully saturated rings. The maximum Gasteiger partial charge on any atom is 0.255 e. The molecule has 0 radical (unpaired) electrons. The van der Waals surface area contributed by atoms with E-state index in [0.29, 0.717) is 0 Å². The SMILES string of the molecule is COC[C@@](C)(NC(=O)c1ccc(O)cc1F)c1ccccc1. The van der Waals surface area contributed by atoms with E-state index in [9.17, 15) is 14.3 Å². The fourth-order valence-corrected chi connectivity index (χ4v) is 2.29. The Balaban J connectivity index is 2.29. The summed E-state index contributed by atoms with van der Waals surface area (Å²) >= 11 is 0. The molecule has 0 saturated carbocycles. The molecular formula is C17H18FNO3. The largest absolute Gasteiger partial charge is 0.508 e. The van der Waals surface area contributed by atoms with Crippen LogP contribution in [0.4, 0.5) is 4.39 Å². The van der Waals surface area contributed by atoms with Gasteiger partial charge in [-0.15, -0.1) is 0 Å². The molecular weight excluding hydrogens is 285 g/mol. The van der Waals surface area contributed by atoms with Crippen molar-refractivity contribution in [2.75, 3.05) is 13.7 Å². The number of hydrogen-bond acceptors (Lipinski definition) is 3. The van der Waals surface area contributed by atoms with E-state index in [-0.39, 0.29) is 17.9 Å². The van der Waals surface area contributed by atoms with Crippen LogP contribution in [0.25, 0.3) is 0 Å². The van der Waals surface area contributed by atoms with Crippen LogP contribution in [0.5, 0.6) is 5.75 Å². The molecule has 5 heteroatoms. The van der Waals surface area contributed by atoms with Crippen molar-refractivity contribution < 1.29 is 19.0 Å². The fourth-order valence-electron chi connectivity index (χ4n) is 2.29. The summed E-state index contributed by atoms with van der Waals surface area (Å²) in [6.45, 7) is 2.05. The van der Waals surface area contributed by atoms with Gasteiger partial charge >= 0.3 is 0 Å². The number of methoxy groups -OCH3 is 1. The monoisotopic (exact) mass is 303 g/mol. The van der Waals surface area contributed by atoms with E-state index >= 15 is 0 Å². The molecule has 2 aromatic carbocycles. The summed E-state index contributed by atoms with van der Waals surface area (Å²) in [5.41, 5.74) is -0.0716. The molecule has 0 aliphatic heterocycles. The Bertz CT molecular complexity index is 660. The normalized spacial score (nSPS) is 13.4. The number of halogens is 1. The van der Waals surface area contributed by atoms with E-state index in [4.69, 9.17) is 4.74 Å². The number of amides is 1. The second kappa shape index (κ2) is 6.58. The second-order valence-corrected chi connectivity index (χ2v) is 5.25. The topological polar surface area (TPSA) is 58.6 Å². The number of carbonyl (C=O) groups excluding carboxylic acids is 1. The average Bonchev–Trinajstić information content (AvgIpc) is 2.48. The first-order valence-electron chi connectivity index (χ1n) is 6.82. The van der Waals surface area contributed by atoms with Crippen molar-refractivity contribution >= 4 is 5.91 Å². The molecule has 0 saturated heterocycles. The van der Waals surface area contributed by atoms with Gasteiger partial charge in [0.05, 0.1) is 17.7 Å². The van der Waals surface area contributed by atoms with Crippen LogP contribution in [0.2, 0.25) is 0 Å². The molecule has 0 unspecified atom stereocenters. The quantitative estimate of drug-likeness (QED) is 0.893. The summed E-state index contributed by atoms with van der Waals surface area (Å²) in [5.74, 6) is -1.57. The summed E-state index contributed by atoms with van der Waals surface area (Å²) in [5, 5.41) is 12.0. The Kier molecular flexibility index (Phi) is 4.78. The Morgan fingerprint density at radius 2 is 1.95 bits per heavy atom. The number of rotatable bonds is 5. The van der Waals surface area contributed by atoms with Gasteiger partial charge in [0.2, 0.25) is 0 Å². The number of benzene rings is 2. The highest BCUT2D eigenvalue weighted by Gasteiger charge is 2.29. The average molecular weight is 303 g/mol. The van der Waals surface area contributed by atoms with Crippen LogP contribution >= 0.6 is 0 Å². The highest BCUT2D eigenvalue weighted by molar-refractivity contribution is 5.95.